The van der Waals surface area contributed by atoms with Crippen LogP contribution in [0, 0.1) is 0 Å². The Morgan fingerprint density at radius 1 is 1.40 bits per heavy atom. The van der Waals surface area contributed by atoms with Crippen molar-refractivity contribution in [3.63, 3.8) is 0 Å². The van der Waals surface area contributed by atoms with Crippen LogP contribution in [-0.4, -0.2) is 6.67 Å². The van der Waals surface area contributed by atoms with Gasteiger partial charge in [-0.15, -0.1) is 0 Å². The predicted molar refractivity (Wildman–Crippen MR) is 41.1 cm³/mol. The van der Waals surface area contributed by atoms with Gasteiger partial charge in [0.25, 0.3) is 0 Å². The average Bonchev–Trinajstić information content (AvgIpc) is 2.05. The Bertz CT molecular complexity index is 223. The molecule has 2 N–H and O–H groups in total. The Hall–Kier alpha value is -1.18. The van der Waals surface area contributed by atoms with Crippen molar-refractivity contribution in [2.75, 3.05) is 6.67 Å². The standard InChI is InChI=1S/C8H10N2/c1-2-4-8-7(3-1)5-9-6-10-8/h1,3-5,9-10H,2,6H2. The third kappa shape index (κ3) is 0.817. The minimum atomic E-state index is 0.850. The number of rotatable bonds is 0. The zero-order chi connectivity index (χ0) is 6.81. The Morgan fingerprint density at radius 2 is 2.40 bits per heavy atom. The van der Waals surface area contributed by atoms with Gasteiger partial charge >= 0.3 is 0 Å². The van der Waals surface area contributed by atoms with Crippen LogP contribution < -0.4 is 10.6 Å². The highest BCUT2D eigenvalue weighted by atomic mass is 15.1. The Kier molecular flexibility index (Phi) is 1.24. The maximum Gasteiger partial charge on any atom is 0.0845 e. The second kappa shape index (κ2) is 2.21. The number of allylic oxidation sites excluding steroid dienone is 3. The molecule has 0 fully saturated rings. The van der Waals surface area contributed by atoms with Crippen molar-refractivity contribution in [1.82, 2.24) is 10.6 Å². The van der Waals surface area contributed by atoms with Crippen molar-refractivity contribution in [2.45, 2.75) is 6.42 Å². The molecule has 2 rings (SSSR count). The highest BCUT2D eigenvalue weighted by molar-refractivity contribution is 5.42. The van der Waals surface area contributed by atoms with Gasteiger partial charge in [-0.25, -0.2) is 0 Å². The molecule has 0 aromatic carbocycles. The van der Waals surface area contributed by atoms with Crippen LogP contribution in [0.3, 0.4) is 0 Å². The second-order valence-electron chi connectivity index (χ2n) is 2.41. The van der Waals surface area contributed by atoms with Gasteiger partial charge in [0.2, 0.25) is 0 Å². The molecule has 0 saturated heterocycles. The van der Waals surface area contributed by atoms with Gasteiger partial charge in [-0.05, 0) is 6.42 Å². The first kappa shape index (κ1) is 5.59. The SMILES string of the molecule is C1=CC2=CNCNC2=CC1. The summed E-state index contributed by atoms with van der Waals surface area (Å²) in [5.41, 5.74) is 2.53. The molecule has 0 radical (unpaired) electrons. The van der Waals surface area contributed by atoms with E-state index in [0.717, 1.165) is 13.1 Å². The topological polar surface area (TPSA) is 24.1 Å². The van der Waals surface area contributed by atoms with E-state index in [-0.39, 0.29) is 0 Å². The molecule has 0 atom stereocenters. The minimum absolute atomic E-state index is 0.850. The summed E-state index contributed by atoms with van der Waals surface area (Å²) in [4.78, 5) is 0. The van der Waals surface area contributed by atoms with Crippen LogP contribution in [0.2, 0.25) is 0 Å². The molecular formula is C8H10N2. The van der Waals surface area contributed by atoms with Gasteiger partial charge < -0.3 is 10.6 Å². The molecule has 2 aliphatic rings. The molecule has 2 heteroatoms. The Balaban J connectivity index is 2.32. The van der Waals surface area contributed by atoms with Gasteiger partial charge in [0, 0.05) is 17.5 Å². The lowest BCUT2D eigenvalue weighted by atomic mass is 10.1. The van der Waals surface area contributed by atoms with Gasteiger partial charge in [0.1, 0.15) is 0 Å². The van der Waals surface area contributed by atoms with E-state index in [1.807, 2.05) is 6.20 Å². The number of nitrogens with one attached hydrogen (secondary N) is 2. The van der Waals surface area contributed by atoms with Crippen LogP contribution in [0.5, 0.6) is 0 Å². The zero-order valence-corrected chi connectivity index (χ0v) is 5.72. The summed E-state index contributed by atoms with van der Waals surface area (Å²) in [5, 5.41) is 6.37. The van der Waals surface area contributed by atoms with Crippen molar-refractivity contribution in [2.24, 2.45) is 0 Å². The lowest BCUT2D eigenvalue weighted by Gasteiger charge is -2.19. The molecule has 0 bridgehead atoms. The monoisotopic (exact) mass is 134 g/mol. The molecule has 2 nitrogen and oxygen atoms in total. The number of hydrogen-bond acceptors (Lipinski definition) is 2. The van der Waals surface area contributed by atoms with Crippen LogP contribution in [-0.2, 0) is 0 Å². The predicted octanol–water partition coefficient (Wildman–Crippen LogP) is 0.864. The lowest BCUT2D eigenvalue weighted by molar-refractivity contribution is 0.707. The molecule has 0 aromatic heterocycles. The average molecular weight is 134 g/mol. The number of fused-ring (bicyclic) bond motifs is 1. The molecule has 10 heavy (non-hydrogen) atoms. The molecule has 0 spiro atoms. The highest BCUT2D eigenvalue weighted by Crippen LogP contribution is 2.15. The van der Waals surface area contributed by atoms with E-state index < -0.39 is 0 Å². The minimum Gasteiger partial charge on any atom is -0.373 e. The van der Waals surface area contributed by atoms with Crippen molar-refractivity contribution < 1.29 is 0 Å². The normalized spacial score (nSPS) is 21.6. The van der Waals surface area contributed by atoms with Crippen molar-refractivity contribution >= 4 is 0 Å². The quantitative estimate of drug-likeness (QED) is 0.513. The van der Waals surface area contributed by atoms with E-state index in [1.165, 1.54) is 11.3 Å². The third-order valence-electron chi connectivity index (χ3n) is 1.70. The van der Waals surface area contributed by atoms with Crippen molar-refractivity contribution in [1.29, 1.82) is 0 Å². The molecule has 0 aromatic rings. The maximum absolute atomic E-state index is 3.25. The van der Waals surface area contributed by atoms with Crippen molar-refractivity contribution in [3.05, 3.63) is 35.7 Å². The summed E-state index contributed by atoms with van der Waals surface area (Å²) in [6.45, 7) is 0.850. The first-order valence-electron chi connectivity index (χ1n) is 3.51. The summed E-state index contributed by atoms with van der Waals surface area (Å²) >= 11 is 0. The lowest BCUT2D eigenvalue weighted by Crippen LogP contribution is -2.31. The Morgan fingerprint density at radius 3 is 3.30 bits per heavy atom. The van der Waals surface area contributed by atoms with E-state index in [0.29, 0.717) is 0 Å². The van der Waals surface area contributed by atoms with E-state index in [1.54, 1.807) is 0 Å². The summed E-state index contributed by atoms with van der Waals surface area (Å²) in [7, 11) is 0. The fraction of sp³-hybridized carbons (Fsp3) is 0.250. The smallest absolute Gasteiger partial charge is 0.0845 e. The maximum atomic E-state index is 3.25. The summed E-state index contributed by atoms with van der Waals surface area (Å²) < 4.78 is 0. The first-order valence-corrected chi connectivity index (χ1v) is 3.51. The first-order chi connectivity index (χ1) is 4.97. The largest absolute Gasteiger partial charge is 0.373 e. The molecule has 1 heterocycles. The van der Waals surface area contributed by atoms with Gasteiger partial charge in [0.05, 0.1) is 6.67 Å². The van der Waals surface area contributed by atoms with E-state index >= 15 is 0 Å². The van der Waals surface area contributed by atoms with Gasteiger partial charge in [-0.3, -0.25) is 0 Å². The van der Waals surface area contributed by atoms with E-state index in [4.69, 9.17) is 0 Å². The molecular weight excluding hydrogens is 124 g/mol. The summed E-state index contributed by atoms with van der Waals surface area (Å²) in [6, 6.07) is 0. The fourth-order valence-corrected chi connectivity index (χ4v) is 1.20. The fourth-order valence-electron chi connectivity index (χ4n) is 1.20. The highest BCUT2D eigenvalue weighted by Gasteiger charge is 2.06. The van der Waals surface area contributed by atoms with Crippen molar-refractivity contribution in [3.8, 4) is 0 Å². The van der Waals surface area contributed by atoms with Crippen LogP contribution in [0.4, 0.5) is 0 Å². The van der Waals surface area contributed by atoms with Gasteiger partial charge in [-0.2, -0.15) is 0 Å². The molecule has 0 unspecified atom stereocenters. The van der Waals surface area contributed by atoms with E-state index in [9.17, 15) is 0 Å². The molecule has 0 saturated carbocycles. The molecule has 1 aliphatic carbocycles. The van der Waals surface area contributed by atoms with Crippen LogP contribution in [0.1, 0.15) is 6.42 Å². The molecule has 52 valence electrons. The third-order valence-corrected chi connectivity index (χ3v) is 1.70. The van der Waals surface area contributed by atoms with Crippen LogP contribution in [0.15, 0.2) is 35.7 Å². The van der Waals surface area contributed by atoms with E-state index in [2.05, 4.69) is 28.9 Å². The summed E-state index contributed by atoms with van der Waals surface area (Å²) in [5.74, 6) is 0. The molecule has 1 aliphatic heterocycles. The molecule has 0 amide bonds. The van der Waals surface area contributed by atoms with Crippen LogP contribution in [0.25, 0.3) is 0 Å². The second-order valence-corrected chi connectivity index (χ2v) is 2.41. The zero-order valence-electron chi connectivity index (χ0n) is 5.72. The summed E-state index contributed by atoms with van der Waals surface area (Å²) in [6.07, 6.45) is 9.59. The van der Waals surface area contributed by atoms with Gasteiger partial charge in [-0.1, -0.05) is 18.2 Å². The Labute approximate surface area is 60.3 Å². The van der Waals surface area contributed by atoms with Crippen LogP contribution >= 0.6 is 0 Å². The number of hydrogen-bond donors (Lipinski definition) is 2. The van der Waals surface area contributed by atoms with Gasteiger partial charge in [0.15, 0.2) is 0 Å².